The van der Waals surface area contributed by atoms with E-state index in [2.05, 4.69) is 52.9 Å². The molecule has 0 saturated carbocycles. The Bertz CT molecular complexity index is 236. The number of hydrogen-bond donors (Lipinski definition) is 0. The Morgan fingerprint density at radius 2 is 1.55 bits per heavy atom. The summed E-state index contributed by atoms with van der Waals surface area (Å²) in [5.41, 5.74) is 4.68. The molecule has 0 fully saturated rings. The SMILES string of the molecule is CC1=C(C)C(C)(C)[C]([Rh+2])=C1C.[H-].[H-]. The third-order valence-electron chi connectivity index (χ3n) is 2.90. The molecule has 0 aliphatic heterocycles. The minimum Gasteiger partial charge on any atom is -1.00 e. The molecule has 0 aromatic rings. The fraction of sp³-hybridized carbons (Fsp3) is 0.600. The smallest absolute Gasteiger partial charge is 1.00 e. The summed E-state index contributed by atoms with van der Waals surface area (Å²) in [7, 11) is 0. The van der Waals surface area contributed by atoms with E-state index in [-0.39, 0.29) is 8.27 Å². The van der Waals surface area contributed by atoms with Gasteiger partial charge in [-0.2, -0.15) is 0 Å². The third-order valence-corrected chi connectivity index (χ3v) is 4.53. The minimum atomic E-state index is 0. The normalized spacial score (nSPS) is 23.5. The molecule has 0 unspecified atom stereocenters. The van der Waals surface area contributed by atoms with Gasteiger partial charge in [0.25, 0.3) is 0 Å². The van der Waals surface area contributed by atoms with E-state index in [1.165, 1.54) is 20.9 Å². The van der Waals surface area contributed by atoms with E-state index in [0.717, 1.165) is 0 Å². The maximum Gasteiger partial charge on any atom is -1.00 e. The van der Waals surface area contributed by atoms with Crippen molar-refractivity contribution in [3.05, 3.63) is 20.9 Å². The second-order valence-electron chi connectivity index (χ2n) is 3.79. The molecule has 0 aromatic heterocycles. The van der Waals surface area contributed by atoms with Gasteiger partial charge in [0, 0.05) is 0 Å². The molecule has 11 heavy (non-hydrogen) atoms. The van der Waals surface area contributed by atoms with E-state index in [1.54, 1.807) is 0 Å². The standard InChI is InChI=1S/C10H15.Rh.2H/c1-7-6-10(4,5)9(3)8(7)2;;;/h1-5H3;;;/q;+2;2*-1. The van der Waals surface area contributed by atoms with Gasteiger partial charge in [-0.3, -0.25) is 0 Å². The van der Waals surface area contributed by atoms with Gasteiger partial charge in [0.15, 0.2) is 0 Å². The summed E-state index contributed by atoms with van der Waals surface area (Å²) >= 11 is 3.07. The van der Waals surface area contributed by atoms with Gasteiger partial charge >= 0.3 is 79.2 Å². The maximum absolute atomic E-state index is 3.07. The molecule has 1 rings (SSSR count). The summed E-state index contributed by atoms with van der Waals surface area (Å²) < 4.78 is 1.42. The van der Waals surface area contributed by atoms with Gasteiger partial charge in [-0.1, -0.05) is 0 Å². The summed E-state index contributed by atoms with van der Waals surface area (Å²) in [6.07, 6.45) is 0. The number of rotatable bonds is 0. The van der Waals surface area contributed by atoms with Crippen LogP contribution in [0.1, 0.15) is 37.5 Å². The first-order valence-corrected chi connectivity index (χ1v) is 4.74. The van der Waals surface area contributed by atoms with E-state index in [9.17, 15) is 0 Å². The van der Waals surface area contributed by atoms with Gasteiger partial charge in [0.2, 0.25) is 0 Å². The fourth-order valence-corrected chi connectivity index (χ4v) is 2.15. The minimum absolute atomic E-state index is 0. The maximum atomic E-state index is 3.07. The van der Waals surface area contributed by atoms with E-state index in [0.29, 0.717) is 0 Å². The molecular weight excluding hydrogens is 223 g/mol. The molecule has 1 aliphatic rings. The van der Waals surface area contributed by atoms with Gasteiger partial charge < -0.3 is 2.85 Å². The van der Waals surface area contributed by atoms with Crippen LogP contribution in [-0.4, -0.2) is 0 Å². The van der Waals surface area contributed by atoms with Crippen LogP contribution >= 0.6 is 0 Å². The van der Waals surface area contributed by atoms with Crippen LogP contribution in [0.4, 0.5) is 0 Å². The Morgan fingerprint density at radius 1 is 1.09 bits per heavy atom. The monoisotopic (exact) mass is 240 g/mol. The van der Waals surface area contributed by atoms with Gasteiger partial charge in [0.1, 0.15) is 0 Å². The molecule has 66 valence electrons. The van der Waals surface area contributed by atoms with Crippen molar-refractivity contribution in [2.75, 3.05) is 0 Å². The van der Waals surface area contributed by atoms with Crippen LogP contribution < -0.4 is 0 Å². The molecule has 0 saturated heterocycles. The number of allylic oxidation sites excluding steroid dienone is 4. The molecule has 1 aliphatic carbocycles. The van der Waals surface area contributed by atoms with Crippen molar-refractivity contribution in [3.8, 4) is 0 Å². The Hall–Kier alpha value is 0.103. The molecular formula is C10H17Rh. The van der Waals surface area contributed by atoms with Crippen molar-refractivity contribution < 1.29 is 21.2 Å². The third kappa shape index (κ3) is 1.14. The zero-order valence-electron chi connectivity index (χ0n) is 9.83. The van der Waals surface area contributed by atoms with Crippen molar-refractivity contribution in [3.63, 3.8) is 0 Å². The molecule has 1 heteroatoms. The molecule has 0 heterocycles. The molecule has 0 spiro atoms. The van der Waals surface area contributed by atoms with Gasteiger partial charge in [-0.25, -0.2) is 0 Å². The van der Waals surface area contributed by atoms with Crippen LogP contribution in [0.5, 0.6) is 0 Å². The second-order valence-corrected chi connectivity index (χ2v) is 4.61. The molecule has 0 amide bonds. The molecule has 0 aromatic carbocycles. The largest absolute Gasteiger partial charge is 1.00 e. The van der Waals surface area contributed by atoms with Crippen LogP contribution in [0.2, 0.25) is 0 Å². The Balaban J connectivity index is 0. The number of hydrogen-bond acceptors (Lipinski definition) is 0. The van der Waals surface area contributed by atoms with Crippen molar-refractivity contribution in [1.82, 2.24) is 0 Å². The van der Waals surface area contributed by atoms with Crippen LogP contribution in [-0.2, 0) is 18.3 Å². The average molecular weight is 240 g/mol. The molecule has 0 bridgehead atoms. The predicted octanol–water partition coefficient (Wildman–Crippen LogP) is 3.41. The van der Waals surface area contributed by atoms with Crippen LogP contribution in [0, 0.1) is 5.41 Å². The van der Waals surface area contributed by atoms with Gasteiger partial charge in [-0.15, -0.1) is 0 Å². The van der Waals surface area contributed by atoms with Crippen molar-refractivity contribution in [2.45, 2.75) is 34.6 Å². The molecule has 0 nitrogen and oxygen atoms in total. The van der Waals surface area contributed by atoms with E-state index >= 15 is 0 Å². The van der Waals surface area contributed by atoms with E-state index in [1.807, 2.05) is 0 Å². The van der Waals surface area contributed by atoms with Crippen LogP contribution in [0.3, 0.4) is 0 Å². The van der Waals surface area contributed by atoms with Gasteiger partial charge in [0.05, 0.1) is 0 Å². The quantitative estimate of drug-likeness (QED) is 0.569. The average Bonchev–Trinajstić information content (AvgIpc) is 2.06. The van der Waals surface area contributed by atoms with Crippen LogP contribution in [0.25, 0.3) is 0 Å². The first kappa shape index (κ1) is 9.19. The van der Waals surface area contributed by atoms with Crippen molar-refractivity contribution in [2.24, 2.45) is 5.41 Å². The predicted molar refractivity (Wildman–Crippen MR) is 47.1 cm³/mol. The van der Waals surface area contributed by atoms with E-state index in [4.69, 9.17) is 0 Å². The zero-order chi connectivity index (χ0) is 8.81. The zero-order valence-corrected chi connectivity index (χ0v) is 9.47. The van der Waals surface area contributed by atoms with Crippen molar-refractivity contribution >= 4 is 0 Å². The Morgan fingerprint density at radius 3 is 1.64 bits per heavy atom. The summed E-state index contributed by atoms with van der Waals surface area (Å²) in [6, 6.07) is 0. The Kier molecular flexibility index (Phi) is 2.14. The Labute approximate surface area is 82.4 Å². The summed E-state index contributed by atoms with van der Waals surface area (Å²) in [4.78, 5) is 0. The molecule has 0 radical (unpaired) electrons. The van der Waals surface area contributed by atoms with Crippen molar-refractivity contribution in [1.29, 1.82) is 0 Å². The molecule has 0 atom stereocenters. The summed E-state index contributed by atoms with van der Waals surface area (Å²) in [5.74, 6) is 0. The van der Waals surface area contributed by atoms with E-state index < -0.39 is 0 Å². The fourth-order valence-electron chi connectivity index (χ4n) is 1.53. The molecule has 0 N–H and O–H groups in total. The van der Waals surface area contributed by atoms with Gasteiger partial charge in [-0.05, 0) is 0 Å². The first-order valence-electron chi connectivity index (χ1n) is 3.92. The second kappa shape index (κ2) is 2.55. The topological polar surface area (TPSA) is 0 Å². The summed E-state index contributed by atoms with van der Waals surface area (Å²) in [5, 5.41) is 0. The summed E-state index contributed by atoms with van der Waals surface area (Å²) in [6.45, 7) is 11.2. The first-order chi connectivity index (χ1) is 4.89. The van der Waals surface area contributed by atoms with Crippen LogP contribution in [0.15, 0.2) is 20.9 Å².